The molecular formula is C27H32FN3O2S2. The Labute approximate surface area is 213 Å². The summed E-state index contributed by atoms with van der Waals surface area (Å²) in [4.78, 5) is 0. The van der Waals surface area contributed by atoms with Crippen molar-refractivity contribution in [3.05, 3.63) is 101 Å². The number of sulfonamides is 1. The number of nitrogens with one attached hydrogen (secondary N) is 3. The lowest BCUT2D eigenvalue weighted by atomic mass is 9.87. The number of thiocarbonyl (C=S) groups is 1. The van der Waals surface area contributed by atoms with Crippen LogP contribution < -0.4 is 15.4 Å². The van der Waals surface area contributed by atoms with Crippen LogP contribution in [0.25, 0.3) is 0 Å². The maximum atomic E-state index is 14.7. The highest BCUT2D eigenvalue weighted by atomic mass is 32.2. The summed E-state index contributed by atoms with van der Waals surface area (Å²) in [5.74, 6) is -0.822. The van der Waals surface area contributed by atoms with Crippen LogP contribution in [0, 0.1) is 5.82 Å². The summed E-state index contributed by atoms with van der Waals surface area (Å²) in [5.41, 5.74) is 4.12. The van der Waals surface area contributed by atoms with Gasteiger partial charge in [-0.2, -0.15) is 0 Å². The maximum absolute atomic E-state index is 14.7. The van der Waals surface area contributed by atoms with Gasteiger partial charge < -0.3 is 10.6 Å². The molecule has 3 N–H and O–H groups in total. The molecule has 0 aliphatic rings. The fourth-order valence-electron chi connectivity index (χ4n) is 3.71. The molecule has 3 aromatic rings. The summed E-state index contributed by atoms with van der Waals surface area (Å²) >= 11 is 5.49. The Morgan fingerprint density at radius 3 is 2.17 bits per heavy atom. The molecule has 0 spiro atoms. The van der Waals surface area contributed by atoms with Gasteiger partial charge in [0.15, 0.2) is 5.11 Å². The van der Waals surface area contributed by atoms with Crippen molar-refractivity contribution in [2.75, 3.05) is 17.5 Å². The smallest absolute Gasteiger partial charge is 0.229 e. The lowest BCUT2D eigenvalue weighted by Crippen LogP contribution is -2.37. The van der Waals surface area contributed by atoms with Crippen molar-refractivity contribution in [2.24, 2.45) is 0 Å². The third-order valence-electron chi connectivity index (χ3n) is 5.63. The highest BCUT2D eigenvalue weighted by Gasteiger charge is 2.18. The molecule has 0 heterocycles. The molecular weight excluding hydrogens is 481 g/mol. The molecule has 0 radical (unpaired) electrons. The van der Waals surface area contributed by atoms with E-state index in [0.29, 0.717) is 23.8 Å². The highest BCUT2D eigenvalue weighted by molar-refractivity contribution is 7.92. The lowest BCUT2D eigenvalue weighted by molar-refractivity contribution is 0.590. The van der Waals surface area contributed by atoms with Gasteiger partial charge in [-0.25, -0.2) is 12.8 Å². The zero-order valence-electron chi connectivity index (χ0n) is 20.4. The second-order valence-electron chi connectivity index (χ2n) is 9.59. The van der Waals surface area contributed by atoms with Crippen molar-refractivity contribution < 1.29 is 12.8 Å². The Kier molecular flexibility index (Phi) is 8.51. The average Bonchev–Trinajstić information content (AvgIpc) is 2.79. The summed E-state index contributed by atoms with van der Waals surface area (Å²) < 4.78 is 39.9. The van der Waals surface area contributed by atoms with Gasteiger partial charge >= 0.3 is 0 Å². The molecule has 0 aliphatic heterocycles. The van der Waals surface area contributed by atoms with Crippen LogP contribution in [0.1, 0.15) is 48.9 Å². The zero-order chi connectivity index (χ0) is 25.6. The first-order chi connectivity index (χ1) is 16.4. The second kappa shape index (κ2) is 11.2. The molecule has 3 rings (SSSR count). The highest BCUT2D eigenvalue weighted by Crippen LogP contribution is 2.27. The van der Waals surface area contributed by atoms with Gasteiger partial charge in [0.25, 0.3) is 0 Å². The number of anilines is 1. The van der Waals surface area contributed by atoms with Crippen LogP contribution >= 0.6 is 12.2 Å². The Morgan fingerprint density at radius 2 is 1.60 bits per heavy atom. The van der Waals surface area contributed by atoms with Gasteiger partial charge in [-0.15, -0.1) is 0 Å². The summed E-state index contributed by atoms with van der Waals surface area (Å²) in [6.07, 6.45) is 0.990. The van der Waals surface area contributed by atoms with Gasteiger partial charge in [-0.1, -0.05) is 81.4 Å². The van der Waals surface area contributed by atoms with E-state index in [0.717, 1.165) is 17.4 Å². The third-order valence-corrected chi connectivity index (χ3v) is 6.51. The van der Waals surface area contributed by atoms with Crippen LogP contribution in [0.3, 0.4) is 0 Å². The first-order valence-electron chi connectivity index (χ1n) is 11.4. The van der Waals surface area contributed by atoms with E-state index in [1.165, 1.54) is 17.7 Å². The molecule has 0 aromatic heterocycles. The standard InChI is InChI=1S/C27H32FN3O2S2/c1-27(2,3)22-13-10-19(11-14-22)17-29-26(34)30-18-23(20-8-6-5-7-9-20)21-12-15-25(24(28)16-21)31-35(4,32)33/h5-16,23,31H,17-18H2,1-4H3,(H2,29,30,34). The molecule has 0 bridgehead atoms. The fraction of sp³-hybridized carbons (Fsp3) is 0.296. The molecule has 1 unspecified atom stereocenters. The van der Waals surface area contributed by atoms with E-state index in [1.807, 2.05) is 30.3 Å². The first kappa shape index (κ1) is 26.6. The predicted molar refractivity (Wildman–Crippen MR) is 146 cm³/mol. The largest absolute Gasteiger partial charge is 0.362 e. The Balaban J connectivity index is 1.68. The van der Waals surface area contributed by atoms with E-state index in [-0.39, 0.29) is 17.0 Å². The van der Waals surface area contributed by atoms with E-state index < -0.39 is 15.8 Å². The normalized spacial score (nSPS) is 12.6. The molecule has 0 amide bonds. The summed E-state index contributed by atoms with van der Waals surface area (Å²) in [6.45, 7) is 7.59. The van der Waals surface area contributed by atoms with Gasteiger partial charge in [0.2, 0.25) is 10.0 Å². The van der Waals surface area contributed by atoms with Crippen LogP contribution in [0.2, 0.25) is 0 Å². The van der Waals surface area contributed by atoms with Gasteiger partial charge in [-0.3, -0.25) is 4.72 Å². The van der Waals surface area contributed by atoms with Gasteiger partial charge in [0.1, 0.15) is 5.82 Å². The molecule has 186 valence electrons. The molecule has 3 aromatic carbocycles. The topological polar surface area (TPSA) is 70.2 Å². The van der Waals surface area contributed by atoms with Crippen molar-refractivity contribution in [2.45, 2.75) is 38.6 Å². The van der Waals surface area contributed by atoms with E-state index in [9.17, 15) is 12.8 Å². The van der Waals surface area contributed by atoms with Crippen molar-refractivity contribution in [1.29, 1.82) is 0 Å². The van der Waals surface area contributed by atoms with Crippen molar-refractivity contribution in [1.82, 2.24) is 10.6 Å². The Hall–Kier alpha value is -2.97. The Bertz CT molecular complexity index is 1260. The third kappa shape index (κ3) is 8.04. The van der Waals surface area contributed by atoms with Crippen molar-refractivity contribution >= 4 is 33.0 Å². The minimum Gasteiger partial charge on any atom is -0.362 e. The SMILES string of the molecule is CC(C)(C)c1ccc(CNC(=S)NCC(c2ccccc2)c2ccc(NS(C)(=O)=O)c(F)c2)cc1. The summed E-state index contributed by atoms with van der Waals surface area (Å²) in [7, 11) is -3.57. The summed E-state index contributed by atoms with van der Waals surface area (Å²) in [5, 5.41) is 6.98. The van der Waals surface area contributed by atoms with E-state index in [4.69, 9.17) is 12.2 Å². The number of benzene rings is 3. The quantitative estimate of drug-likeness (QED) is 0.357. The monoisotopic (exact) mass is 513 g/mol. The van der Waals surface area contributed by atoms with Crippen LogP contribution in [0.5, 0.6) is 0 Å². The molecule has 0 fully saturated rings. The fourth-order valence-corrected chi connectivity index (χ4v) is 4.43. The number of rotatable bonds is 8. The van der Waals surface area contributed by atoms with Crippen LogP contribution in [-0.2, 0) is 22.0 Å². The summed E-state index contributed by atoms with van der Waals surface area (Å²) in [6, 6.07) is 22.7. The number of halogens is 1. The van der Waals surface area contributed by atoms with Crippen LogP contribution in [0.15, 0.2) is 72.8 Å². The van der Waals surface area contributed by atoms with Crippen LogP contribution in [-0.4, -0.2) is 26.3 Å². The first-order valence-corrected chi connectivity index (χ1v) is 13.7. The van der Waals surface area contributed by atoms with Gasteiger partial charge in [-0.05, 0) is 52.0 Å². The molecule has 0 saturated heterocycles. The molecule has 8 heteroatoms. The maximum Gasteiger partial charge on any atom is 0.229 e. The van der Waals surface area contributed by atoms with Crippen LogP contribution in [0.4, 0.5) is 10.1 Å². The van der Waals surface area contributed by atoms with Crippen molar-refractivity contribution in [3.63, 3.8) is 0 Å². The van der Waals surface area contributed by atoms with E-state index in [2.05, 4.69) is 60.4 Å². The zero-order valence-corrected chi connectivity index (χ0v) is 22.1. The minimum absolute atomic E-state index is 0.0781. The Morgan fingerprint density at radius 1 is 0.943 bits per heavy atom. The van der Waals surface area contributed by atoms with Gasteiger partial charge in [0, 0.05) is 19.0 Å². The molecule has 35 heavy (non-hydrogen) atoms. The lowest BCUT2D eigenvalue weighted by Gasteiger charge is -2.21. The molecule has 1 atom stereocenters. The number of hydrogen-bond donors (Lipinski definition) is 3. The second-order valence-corrected chi connectivity index (χ2v) is 11.7. The van der Waals surface area contributed by atoms with Crippen molar-refractivity contribution in [3.8, 4) is 0 Å². The predicted octanol–water partition coefficient (Wildman–Crippen LogP) is 5.29. The molecule has 0 saturated carbocycles. The van der Waals surface area contributed by atoms with Gasteiger partial charge in [0.05, 0.1) is 11.9 Å². The number of hydrogen-bond acceptors (Lipinski definition) is 3. The van der Waals surface area contributed by atoms with E-state index >= 15 is 0 Å². The molecule has 5 nitrogen and oxygen atoms in total. The molecule has 0 aliphatic carbocycles. The minimum atomic E-state index is -3.57. The average molecular weight is 514 g/mol. The van der Waals surface area contributed by atoms with E-state index in [1.54, 1.807) is 6.07 Å².